The van der Waals surface area contributed by atoms with Crippen LogP contribution in [0.3, 0.4) is 0 Å². The molecule has 3 rings (SSSR count). The van der Waals surface area contributed by atoms with Crippen molar-refractivity contribution in [1.82, 2.24) is 23.9 Å². The van der Waals surface area contributed by atoms with Crippen LogP contribution in [0.15, 0.2) is 17.8 Å². The highest BCUT2D eigenvalue weighted by atomic mass is 32.1. The van der Waals surface area contributed by atoms with Crippen LogP contribution in [0.25, 0.3) is 0 Å². The molecule has 1 aliphatic heterocycles. The van der Waals surface area contributed by atoms with Gasteiger partial charge in [-0.2, -0.15) is 0 Å². The highest BCUT2D eigenvalue weighted by Gasteiger charge is 2.22. The second kappa shape index (κ2) is 6.94. The molecule has 2 aromatic heterocycles. The zero-order valence-electron chi connectivity index (χ0n) is 13.4. The normalized spacial score (nSPS) is 16.0. The van der Waals surface area contributed by atoms with E-state index >= 15 is 0 Å². The molecule has 0 N–H and O–H groups in total. The fourth-order valence-corrected chi connectivity index (χ4v) is 3.64. The van der Waals surface area contributed by atoms with Gasteiger partial charge in [-0.05, 0) is 19.1 Å². The molecule has 0 aliphatic carbocycles. The van der Waals surface area contributed by atoms with E-state index in [1.807, 2.05) is 41.2 Å². The van der Waals surface area contributed by atoms with E-state index in [9.17, 15) is 4.79 Å². The van der Waals surface area contributed by atoms with Gasteiger partial charge in [0.15, 0.2) is 4.77 Å². The molecule has 0 aromatic carbocycles. The predicted molar refractivity (Wildman–Crippen MR) is 92.9 cm³/mol. The monoisotopic (exact) mass is 351 g/mol. The minimum Gasteiger partial charge on any atom is -0.340 e. The van der Waals surface area contributed by atoms with E-state index in [-0.39, 0.29) is 5.91 Å². The number of hydrogen-bond donors (Lipinski definition) is 0. The molecule has 8 heteroatoms. The van der Waals surface area contributed by atoms with Gasteiger partial charge in [0.2, 0.25) is 5.91 Å². The van der Waals surface area contributed by atoms with Crippen molar-refractivity contribution in [3.63, 3.8) is 0 Å². The summed E-state index contributed by atoms with van der Waals surface area (Å²) in [6.45, 7) is 6.02. The number of carbonyl (C=O) groups excluding carboxylic acids is 1. The molecular weight excluding hydrogens is 330 g/mol. The summed E-state index contributed by atoms with van der Waals surface area (Å²) < 4.78 is 4.82. The van der Waals surface area contributed by atoms with Crippen LogP contribution in [0.2, 0.25) is 0 Å². The standard InChI is InChI=1S/C15H21N5OS2/c1-12-10-23-13(16-12)9-14(21)19-7-4-18(5-8-19)11-20-6-3-17(2)15(20)22/h3,6,10H,4-5,7-9,11H2,1-2H3. The molecule has 124 valence electrons. The molecule has 1 fully saturated rings. The number of aryl methyl sites for hydroxylation is 2. The molecular formula is C15H21N5OS2. The zero-order chi connectivity index (χ0) is 16.4. The van der Waals surface area contributed by atoms with Gasteiger partial charge in [-0.15, -0.1) is 11.3 Å². The number of carbonyl (C=O) groups is 1. The van der Waals surface area contributed by atoms with Crippen LogP contribution >= 0.6 is 23.6 Å². The van der Waals surface area contributed by atoms with E-state index in [2.05, 4.69) is 14.5 Å². The molecule has 1 amide bonds. The molecule has 0 radical (unpaired) electrons. The van der Waals surface area contributed by atoms with Crippen molar-refractivity contribution in [3.8, 4) is 0 Å². The lowest BCUT2D eigenvalue weighted by Crippen LogP contribution is -2.49. The van der Waals surface area contributed by atoms with Gasteiger partial charge in [0.25, 0.3) is 0 Å². The SMILES string of the molecule is Cc1csc(CC(=O)N2CCN(Cn3ccn(C)c3=S)CC2)n1. The summed E-state index contributed by atoms with van der Waals surface area (Å²) in [5.74, 6) is 0.176. The maximum absolute atomic E-state index is 12.3. The predicted octanol–water partition coefficient (Wildman–Crippen LogP) is 1.67. The quantitative estimate of drug-likeness (QED) is 0.786. The summed E-state index contributed by atoms with van der Waals surface area (Å²) in [5.41, 5.74) is 0.988. The summed E-state index contributed by atoms with van der Waals surface area (Å²) in [6, 6.07) is 0. The number of amides is 1. The van der Waals surface area contributed by atoms with E-state index in [4.69, 9.17) is 12.2 Å². The number of rotatable bonds is 4. The summed E-state index contributed by atoms with van der Waals surface area (Å²) in [7, 11) is 1.95. The second-order valence-electron chi connectivity index (χ2n) is 5.86. The fourth-order valence-electron chi connectivity index (χ4n) is 2.70. The molecule has 23 heavy (non-hydrogen) atoms. The van der Waals surface area contributed by atoms with Gasteiger partial charge in [-0.1, -0.05) is 0 Å². The summed E-state index contributed by atoms with van der Waals surface area (Å²) in [5, 5.41) is 2.90. The number of hydrogen-bond acceptors (Lipinski definition) is 5. The average molecular weight is 352 g/mol. The largest absolute Gasteiger partial charge is 0.340 e. The first-order valence-corrected chi connectivity index (χ1v) is 8.94. The lowest BCUT2D eigenvalue weighted by molar-refractivity contribution is -0.132. The van der Waals surface area contributed by atoms with Gasteiger partial charge >= 0.3 is 0 Å². The molecule has 1 aliphatic rings. The molecule has 0 spiro atoms. The molecule has 0 atom stereocenters. The van der Waals surface area contributed by atoms with E-state index in [0.29, 0.717) is 6.42 Å². The Morgan fingerprint density at radius 1 is 1.30 bits per heavy atom. The lowest BCUT2D eigenvalue weighted by Gasteiger charge is -2.34. The topological polar surface area (TPSA) is 46.3 Å². The highest BCUT2D eigenvalue weighted by Crippen LogP contribution is 2.12. The zero-order valence-corrected chi connectivity index (χ0v) is 15.1. The molecule has 1 saturated heterocycles. The molecule has 6 nitrogen and oxygen atoms in total. The van der Waals surface area contributed by atoms with Crippen LogP contribution in [-0.2, 0) is 24.9 Å². The second-order valence-corrected chi connectivity index (χ2v) is 7.17. The Labute approximate surface area is 145 Å². The van der Waals surface area contributed by atoms with E-state index < -0.39 is 0 Å². The van der Waals surface area contributed by atoms with E-state index in [1.54, 1.807) is 11.3 Å². The molecule has 0 saturated carbocycles. The van der Waals surface area contributed by atoms with Crippen LogP contribution in [0.1, 0.15) is 10.7 Å². The van der Waals surface area contributed by atoms with E-state index in [0.717, 1.165) is 48.3 Å². The fraction of sp³-hybridized carbons (Fsp3) is 0.533. The Kier molecular flexibility index (Phi) is 4.93. The third kappa shape index (κ3) is 3.88. The molecule has 0 unspecified atom stereocenters. The number of piperazine rings is 1. The number of nitrogens with zero attached hydrogens (tertiary/aromatic N) is 5. The minimum absolute atomic E-state index is 0.176. The van der Waals surface area contributed by atoms with Gasteiger partial charge < -0.3 is 14.0 Å². The molecule has 3 heterocycles. The molecule has 0 bridgehead atoms. The lowest BCUT2D eigenvalue weighted by atomic mass is 10.3. The first-order valence-electron chi connectivity index (χ1n) is 7.66. The first-order chi connectivity index (χ1) is 11.0. The Morgan fingerprint density at radius 3 is 2.61 bits per heavy atom. The summed E-state index contributed by atoms with van der Waals surface area (Å²) in [6.07, 6.45) is 4.39. The van der Waals surface area contributed by atoms with Gasteiger partial charge in [-0.25, -0.2) is 4.98 Å². The van der Waals surface area contributed by atoms with Crippen LogP contribution in [0, 0.1) is 11.7 Å². The maximum Gasteiger partial charge on any atom is 0.229 e. The Hall–Kier alpha value is -1.51. The van der Waals surface area contributed by atoms with Crippen molar-refractivity contribution < 1.29 is 4.79 Å². The van der Waals surface area contributed by atoms with Crippen LogP contribution in [0.5, 0.6) is 0 Å². The van der Waals surface area contributed by atoms with Crippen LogP contribution < -0.4 is 0 Å². The van der Waals surface area contributed by atoms with Crippen molar-refractivity contribution in [2.75, 3.05) is 26.2 Å². The van der Waals surface area contributed by atoms with Crippen molar-refractivity contribution in [3.05, 3.63) is 33.2 Å². The third-order valence-electron chi connectivity index (χ3n) is 4.06. The first kappa shape index (κ1) is 16.4. The Balaban J connectivity index is 1.51. The number of thiazole rings is 1. The molecule has 2 aromatic rings. The average Bonchev–Trinajstić information content (AvgIpc) is 3.08. The van der Waals surface area contributed by atoms with Gasteiger partial charge in [0.05, 0.1) is 13.1 Å². The maximum atomic E-state index is 12.3. The van der Waals surface area contributed by atoms with E-state index in [1.165, 1.54) is 0 Å². The number of aromatic nitrogens is 3. The van der Waals surface area contributed by atoms with Crippen molar-refractivity contribution in [1.29, 1.82) is 0 Å². The summed E-state index contributed by atoms with van der Waals surface area (Å²) >= 11 is 6.93. The number of imidazole rings is 1. The van der Waals surface area contributed by atoms with Gasteiger partial charge in [-0.3, -0.25) is 9.69 Å². The van der Waals surface area contributed by atoms with Crippen molar-refractivity contribution in [2.24, 2.45) is 7.05 Å². The Morgan fingerprint density at radius 2 is 2.04 bits per heavy atom. The third-order valence-corrected chi connectivity index (χ3v) is 5.55. The smallest absolute Gasteiger partial charge is 0.229 e. The minimum atomic E-state index is 0.176. The van der Waals surface area contributed by atoms with Crippen LogP contribution in [-0.4, -0.2) is 56.0 Å². The van der Waals surface area contributed by atoms with Crippen molar-refractivity contribution >= 4 is 29.5 Å². The van der Waals surface area contributed by atoms with Crippen LogP contribution in [0.4, 0.5) is 0 Å². The van der Waals surface area contributed by atoms with Crippen molar-refractivity contribution in [2.45, 2.75) is 20.0 Å². The Bertz CT molecular complexity index is 739. The highest BCUT2D eigenvalue weighted by molar-refractivity contribution is 7.71. The van der Waals surface area contributed by atoms with Gasteiger partial charge in [0.1, 0.15) is 5.01 Å². The van der Waals surface area contributed by atoms with Gasteiger partial charge in [0, 0.05) is 56.7 Å². The summed E-state index contributed by atoms with van der Waals surface area (Å²) in [4.78, 5) is 21.0.